The van der Waals surface area contributed by atoms with Crippen LogP contribution in [0.15, 0.2) is 0 Å². The third-order valence-electron chi connectivity index (χ3n) is 4.56. The highest BCUT2D eigenvalue weighted by Gasteiger charge is 1.99. The van der Waals surface area contributed by atoms with Crippen molar-refractivity contribution in [3.8, 4) is 0 Å². The molecule has 0 saturated heterocycles. The Morgan fingerprint density at radius 2 is 1.04 bits per heavy atom. The molecule has 1 atom stereocenters. The van der Waals surface area contributed by atoms with Gasteiger partial charge in [0, 0.05) is 13.7 Å². The molecule has 1 N–H and O–H groups in total. The lowest BCUT2D eigenvalue weighted by molar-refractivity contribution is 0.156. The Hall–Kier alpha value is -0.0800. The molecule has 0 saturated carbocycles. The second-order valence-corrected chi connectivity index (χ2v) is 7.09. The van der Waals surface area contributed by atoms with Crippen molar-refractivity contribution in [3.63, 3.8) is 0 Å². The first-order valence-electron chi connectivity index (χ1n) is 10.9. The average molecular weight is 345 g/mol. The summed E-state index contributed by atoms with van der Waals surface area (Å²) in [7, 11) is 1.75. The van der Waals surface area contributed by atoms with Gasteiger partial charge in [0.05, 0.1) is 6.10 Å². The maximum Gasteiger partial charge on any atom is 0.0537 e. The van der Waals surface area contributed by atoms with Crippen LogP contribution < -0.4 is 0 Å². The third kappa shape index (κ3) is 26.8. The fraction of sp³-hybridized carbons (Fsp3) is 1.00. The van der Waals surface area contributed by atoms with E-state index in [4.69, 9.17) is 4.74 Å². The van der Waals surface area contributed by atoms with Gasteiger partial charge in [-0.15, -0.1) is 0 Å². The molecule has 0 aliphatic carbocycles. The molecule has 0 aromatic heterocycles. The van der Waals surface area contributed by atoms with Crippen LogP contribution in [0.1, 0.15) is 124 Å². The van der Waals surface area contributed by atoms with Gasteiger partial charge in [-0.2, -0.15) is 0 Å². The summed E-state index contributed by atoms with van der Waals surface area (Å²) in [6, 6.07) is 0. The van der Waals surface area contributed by atoms with Gasteiger partial charge in [0.15, 0.2) is 0 Å². The first-order valence-corrected chi connectivity index (χ1v) is 10.9. The summed E-state index contributed by atoms with van der Waals surface area (Å²) in [5, 5.41) is 9.40. The zero-order valence-corrected chi connectivity index (χ0v) is 17.5. The van der Waals surface area contributed by atoms with Crippen LogP contribution in [0.2, 0.25) is 0 Å². The van der Waals surface area contributed by atoms with Gasteiger partial charge >= 0.3 is 0 Å². The molecule has 0 spiro atoms. The fourth-order valence-corrected chi connectivity index (χ4v) is 2.74. The summed E-state index contributed by atoms with van der Waals surface area (Å²) in [4.78, 5) is 0. The van der Waals surface area contributed by atoms with Crippen LogP contribution in [0.25, 0.3) is 0 Å². The van der Waals surface area contributed by atoms with Crippen molar-refractivity contribution in [2.45, 2.75) is 130 Å². The van der Waals surface area contributed by atoms with Crippen LogP contribution >= 0.6 is 0 Å². The van der Waals surface area contributed by atoms with E-state index in [1.807, 2.05) is 0 Å². The van der Waals surface area contributed by atoms with Gasteiger partial charge in [-0.05, 0) is 19.3 Å². The second-order valence-electron chi connectivity index (χ2n) is 7.09. The maximum atomic E-state index is 9.40. The minimum Gasteiger partial charge on any atom is -0.393 e. The van der Waals surface area contributed by atoms with Gasteiger partial charge < -0.3 is 9.84 Å². The lowest BCUT2D eigenvalue weighted by atomic mass is 10.0. The van der Waals surface area contributed by atoms with E-state index in [2.05, 4.69) is 20.8 Å². The molecule has 0 rings (SSSR count). The second kappa shape index (κ2) is 25.2. The summed E-state index contributed by atoms with van der Waals surface area (Å²) in [5.41, 5.74) is 0. The Labute approximate surface area is 153 Å². The molecule has 0 aromatic carbocycles. The number of hydrogen-bond acceptors (Lipinski definition) is 2. The molecule has 0 aliphatic rings. The molecule has 24 heavy (non-hydrogen) atoms. The smallest absolute Gasteiger partial charge is 0.0537 e. The molecular weight excluding hydrogens is 296 g/mol. The van der Waals surface area contributed by atoms with Crippen molar-refractivity contribution < 1.29 is 9.84 Å². The lowest BCUT2D eigenvalue weighted by Crippen LogP contribution is -2.03. The van der Waals surface area contributed by atoms with Crippen molar-refractivity contribution >= 4 is 0 Å². The molecule has 0 aliphatic heterocycles. The first kappa shape index (κ1) is 26.2. The molecule has 0 heterocycles. The maximum absolute atomic E-state index is 9.40. The van der Waals surface area contributed by atoms with Crippen molar-refractivity contribution in [3.05, 3.63) is 0 Å². The van der Waals surface area contributed by atoms with Crippen LogP contribution in [0.3, 0.4) is 0 Å². The normalized spacial score (nSPS) is 11.9. The van der Waals surface area contributed by atoms with Crippen molar-refractivity contribution in [2.24, 2.45) is 0 Å². The van der Waals surface area contributed by atoms with Gasteiger partial charge in [-0.25, -0.2) is 0 Å². The Kier molecular flexibility index (Phi) is 27.4. The minimum atomic E-state index is -0.0476. The van der Waals surface area contributed by atoms with Crippen molar-refractivity contribution in [2.75, 3.05) is 13.7 Å². The minimum absolute atomic E-state index is 0.0476. The van der Waals surface area contributed by atoms with Gasteiger partial charge in [-0.1, -0.05) is 104 Å². The van der Waals surface area contributed by atoms with Crippen molar-refractivity contribution in [1.29, 1.82) is 0 Å². The zero-order valence-electron chi connectivity index (χ0n) is 17.5. The average Bonchev–Trinajstić information content (AvgIpc) is 2.60. The van der Waals surface area contributed by atoms with E-state index in [1.165, 1.54) is 89.9 Å². The molecule has 0 bridgehead atoms. The van der Waals surface area contributed by atoms with E-state index < -0.39 is 0 Å². The van der Waals surface area contributed by atoms with Crippen LogP contribution in [0, 0.1) is 0 Å². The van der Waals surface area contributed by atoms with Crippen molar-refractivity contribution in [1.82, 2.24) is 0 Å². The Bertz CT molecular complexity index is 190. The Balaban J connectivity index is 0. The SMILES string of the molecule is CCCCCCCCCCCCCC(O)CC.CCCCCOC. The van der Waals surface area contributed by atoms with E-state index in [0.717, 1.165) is 19.4 Å². The summed E-state index contributed by atoms with van der Waals surface area (Å²) < 4.78 is 4.84. The number of unbranched alkanes of at least 4 members (excludes halogenated alkanes) is 12. The monoisotopic (exact) mass is 344 g/mol. The van der Waals surface area contributed by atoms with Crippen LogP contribution in [0.5, 0.6) is 0 Å². The van der Waals surface area contributed by atoms with Gasteiger partial charge in [0.25, 0.3) is 0 Å². The largest absolute Gasteiger partial charge is 0.393 e. The number of hydrogen-bond donors (Lipinski definition) is 1. The summed E-state index contributed by atoms with van der Waals surface area (Å²) in [6.45, 7) is 7.45. The number of ether oxygens (including phenoxy) is 1. The van der Waals surface area contributed by atoms with Gasteiger partial charge in [0.2, 0.25) is 0 Å². The Morgan fingerprint density at radius 3 is 1.46 bits per heavy atom. The summed E-state index contributed by atoms with van der Waals surface area (Å²) >= 11 is 0. The third-order valence-corrected chi connectivity index (χ3v) is 4.56. The standard InChI is InChI=1S/C16H34O.C6H14O/c1-3-5-6-7-8-9-10-11-12-13-14-15-16(17)4-2;1-3-4-5-6-7-2/h16-17H,3-15H2,1-2H3;3-6H2,1-2H3. The molecule has 0 radical (unpaired) electrons. The molecule has 2 nitrogen and oxygen atoms in total. The number of rotatable bonds is 17. The van der Waals surface area contributed by atoms with E-state index in [9.17, 15) is 5.11 Å². The molecule has 1 unspecified atom stereocenters. The summed E-state index contributed by atoms with van der Waals surface area (Å²) in [6.07, 6.45) is 20.9. The Morgan fingerprint density at radius 1 is 0.625 bits per heavy atom. The highest BCUT2D eigenvalue weighted by atomic mass is 16.5. The van der Waals surface area contributed by atoms with Gasteiger partial charge in [-0.3, -0.25) is 0 Å². The topological polar surface area (TPSA) is 29.5 Å². The highest BCUT2D eigenvalue weighted by molar-refractivity contribution is 4.53. The highest BCUT2D eigenvalue weighted by Crippen LogP contribution is 2.12. The van der Waals surface area contributed by atoms with E-state index in [0.29, 0.717) is 0 Å². The molecule has 148 valence electrons. The van der Waals surface area contributed by atoms with E-state index in [1.54, 1.807) is 7.11 Å². The molecule has 0 aromatic rings. The first-order chi connectivity index (χ1) is 11.7. The predicted octanol–water partition coefficient (Wildman–Crippen LogP) is 7.28. The van der Waals surface area contributed by atoms with Crippen LogP contribution in [0.4, 0.5) is 0 Å². The van der Waals surface area contributed by atoms with Crippen LogP contribution in [-0.2, 0) is 4.74 Å². The quantitative estimate of drug-likeness (QED) is 0.281. The lowest BCUT2D eigenvalue weighted by Gasteiger charge is -2.06. The van der Waals surface area contributed by atoms with E-state index >= 15 is 0 Å². The molecule has 2 heteroatoms. The number of aliphatic hydroxyl groups excluding tert-OH is 1. The number of aliphatic hydroxyl groups is 1. The zero-order chi connectivity index (χ0) is 18.3. The van der Waals surface area contributed by atoms with Crippen LogP contribution in [-0.4, -0.2) is 24.9 Å². The fourth-order valence-electron chi connectivity index (χ4n) is 2.74. The van der Waals surface area contributed by atoms with E-state index in [-0.39, 0.29) is 6.10 Å². The van der Waals surface area contributed by atoms with Gasteiger partial charge in [0.1, 0.15) is 0 Å². The summed E-state index contributed by atoms with van der Waals surface area (Å²) in [5.74, 6) is 0. The molecular formula is C22H48O2. The molecule has 0 amide bonds. The predicted molar refractivity (Wildman–Crippen MR) is 109 cm³/mol. The molecule has 0 fully saturated rings. The number of methoxy groups -OCH3 is 1.